The zero-order chi connectivity index (χ0) is 27.8. The third-order valence-electron chi connectivity index (χ3n) is 5.58. The number of carboxylic acid groups (broad SMARTS) is 1. The van der Waals surface area contributed by atoms with Crippen molar-refractivity contribution in [3.8, 4) is 17.2 Å². The highest BCUT2D eigenvalue weighted by atomic mass is 19.4. The van der Waals surface area contributed by atoms with E-state index in [4.69, 9.17) is 4.42 Å². The number of benzene rings is 2. The van der Waals surface area contributed by atoms with E-state index in [2.05, 4.69) is 15.0 Å². The van der Waals surface area contributed by atoms with E-state index >= 15 is 0 Å². The first kappa shape index (κ1) is 26.6. The van der Waals surface area contributed by atoms with E-state index in [9.17, 15) is 37.4 Å². The van der Waals surface area contributed by atoms with Crippen molar-refractivity contribution in [1.29, 1.82) is 0 Å². The number of pyridine rings is 1. The Hall–Kier alpha value is -4.45. The summed E-state index contributed by atoms with van der Waals surface area (Å²) in [5.74, 6) is -2.86. The molecule has 2 aromatic heterocycles. The molecule has 0 aliphatic rings. The summed E-state index contributed by atoms with van der Waals surface area (Å²) in [4.78, 5) is 28.6. The predicted molar refractivity (Wildman–Crippen MR) is 129 cm³/mol. The third-order valence-corrected chi connectivity index (χ3v) is 5.58. The summed E-state index contributed by atoms with van der Waals surface area (Å²) in [5.41, 5.74) is 0.163. The van der Waals surface area contributed by atoms with Crippen LogP contribution < -0.4 is 15.5 Å². The number of hydrogen-bond acceptors (Lipinski definition) is 7. The number of aliphatic hydroxyl groups excluding tert-OH is 1. The van der Waals surface area contributed by atoms with Crippen LogP contribution in [0.15, 0.2) is 63.9 Å². The van der Waals surface area contributed by atoms with Gasteiger partial charge in [0.15, 0.2) is 11.2 Å². The average Bonchev–Trinajstić information content (AvgIpc) is 2.83. The van der Waals surface area contributed by atoms with Gasteiger partial charge in [-0.05, 0) is 43.7 Å². The molecule has 0 saturated heterocycles. The molecule has 2 unspecified atom stereocenters. The van der Waals surface area contributed by atoms with Crippen LogP contribution in [0.2, 0.25) is 0 Å². The lowest BCUT2D eigenvalue weighted by Crippen LogP contribution is -2.33. The number of anilines is 1. The standard InChI is InChI=1S/C26H20F4N2O6/c1-12-8-15(13(2)32-18-5-3-4-17(27)22(18)24(34)35)23-16(9-12)20(33)11-21(38-23)19-10-14(6-7-31-19)37-25(36)26(28,29)30/h3-11,13,25,32,36H,1-2H3,(H,34,35). The molecule has 3 N–H and O–H groups in total. The molecule has 0 aliphatic carbocycles. The fraction of sp³-hybridized carbons (Fsp3) is 0.192. The highest BCUT2D eigenvalue weighted by molar-refractivity contribution is 5.94. The number of aliphatic hydroxyl groups is 1. The van der Waals surface area contributed by atoms with Crippen molar-refractivity contribution in [1.82, 2.24) is 4.98 Å². The fourth-order valence-corrected chi connectivity index (χ4v) is 3.87. The van der Waals surface area contributed by atoms with E-state index in [1.54, 1.807) is 26.0 Å². The van der Waals surface area contributed by atoms with Gasteiger partial charge in [0.05, 0.1) is 17.1 Å². The van der Waals surface area contributed by atoms with E-state index < -0.39 is 41.3 Å². The monoisotopic (exact) mass is 532 g/mol. The van der Waals surface area contributed by atoms with Gasteiger partial charge in [0.2, 0.25) is 0 Å². The van der Waals surface area contributed by atoms with Gasteiger partial charge in [-0.3, -0.25) is 9.78 Å². The van der Waals surface area contributed by atoms with Crippen LogP contribution in [0.1, 0.15) is 34.5 Å². The van der Waals surface area contributed by atoms with Gasteiger partial charge < -0.3 is 24.7 Å². The van der Waals surface area contributed by atoms with Crippen molar-refractivity contribution < 1.29 is 41.7 Å². The molecule has 0 bridgehead atoms. The lowest BCUT2D eigenvalue weighted by molar-refractivity contribution is -0.264. The first-order valence-corrected chi connectivity index (χ1v) is 11.1. The number of nitrogens with zero attached hydrogens (tertiary/aromatic N) is 1. The average molecular weight is 532 g/mol. The second-order valence-electron chi connectivity index (χ2n) is 8.43. The van der Waals surface area contributed by atoms with E-state index in [0.717, 1.165) is 30.5 Å². The van der Waals surface area contributed by atoms with Crippen LogP contribution in [-0.2, 0) is 0 Å². The molecule has 198 valence electrons. The normalized spacial score (nSPS) is 13.2. The number of nitrogens with one attached hydrogen (secondary N) is 1. The number of aryl methyl sites for hydroxylation is 1. The zero-order valence-electron chi connectivity index (χ0n) is 19.8. The van der Waals surface area contributed by atoms with Crippen molar-refractivity contribution in [2.45, 2.75) is 32.4 Å². The molecule has 0 fully saturated rings. The number of aromatic carboxylic acids is 1. The quantitative estimate of drug-likeness (QED) is 0.213. The van der Waals surface area contributed by atoms with E-state index in [1.165, 1.54) is 12.1 Å². The maximum atomic E-state index is 14.2. The molecule has 4 rings (SSSR count). The number of rotatable bonds is 7. The van der Waals surface area contributed by atoms with Gasteiger partial charge in [0.1, 0.15) is 28.4 Å². The van der Waals surface area contributed by atoms with Crippen LogP contribution in [0.25, 0.3) is 22.4 Å². The summed E-state index contributed by atoms with van der Waals surface area (Å²) in [6.07, 6.45) is -6.96. The van der Waals surface area contributed by atoms with Crippen LogP contribution in [-0.4, -0.2) is 33.6 Å². The topological polar surface area (TPSA) is 122 Å². The summed E-state index contributed by atoms with van der Waals surface area (Å²) >= 11 is 0. The SMILES string of the molecule is Cc1cc(C(C)Nc2cccc(F)c2C(=O)O)c2oc(-c3cc(OC(O)C(F)(F)F)ccn3)cc(=O)c2c1. The Kier molecular flexibility index (Phi) is 7.09. The molecule has 4 aromatic rings. The minimum Gasteiger partial charge on any atom is -0.478 e. The van der Waals surface area contributed by atoms with Crippen molar-refractivity contribution in [2.75, 3.05) is 5.32 Å². The lowest BCUT2D eigenvalue weighted by atomic mass is 10.0. The van der Waals surface area contributed by atoms with Crippen molar-refractivity contribution in [3.05, 3.63) is 87.5 Å². The molecular formula is C26H20F4N2O6. The van der Waals surface area contributed by atoms with Crippen molar-refractivity contribution in [3.63, 3.8) is 0 Å². The number of aromatic nitrogens is 1. The summed E-state index contributed by atoms with van der Waals surface area (Å²) in [7, 11) is 0. The van der Waals surface area contributed by atoms with Gasteiger partial charge >= 0.3 is 12.1 Å². The number of fused-ring (bicyclic) bond motifs is 1. The Morgan fingerprint density at radius 1 is 1.16 bits per heavy atom. The number of alkyl halides is 3. The summed E-state index contributed by atoms with van der Waals surface area (Å²) in [6.45, 7) is 3.39. The van der Waals surface area contributed by atoms with E-state index in [1.807, 2.05) is 0 Å². The highest BCUT2D eigenvalue weighted by Gasteiger charge is 2.40. The van der Waals surface area contributed by atoms with Gasteiger partial charge in [-0.1, -0.05) is 12.1 Å². The van der Waals surface area contributed by atoms with Gasteiger partial charge in [-0.2, -0.15) is 13.2 Å². The zero-order valence-corrected chi connectivity index (χ0v) is 19.8. The fourth-order valence-electron chi connectivity index (χ4n) is 3.87. The molecule has 0 aliphatic heterocycles. The Labute approximate surface area is 212 Å². The smallest absolute Gasteiger partial charge is 0.452 e. The molecular weight excluding hydrogens is 512 g/mol. The summed E-state index contributed by atoms with van der Waals surface area (Å²) in [5, 5.41) is 21.8. The lowest BCUT2D eigenvalue weighted by Gasteiger charge is -2.19. The van der Waals surface area contributed by atoms with Crippen LogP contribution in [0.5, 0.6) is 5.75 Å². The molecule has 2 aromatic carbocycles. The van der Waals surface area contributed by atoms with E-state index in [0.29, 0.717) is 11.1 Å². The molecule has 12 heteroatoms. The number of carboxylic acids is 1. The Bertz CT molecular complexity index is 1580. The highest BCUT2D eigenvalue weighted by Crippen LogP contribution is 2.32. The number of halogens is 4. The Morgan fingerprint density at radius 3 is 2.58 bits per heavy atom. The summed E-state index contributed by atoms with van der Waals surface area (Å²) in [6, 6.07) is 9.64. The molecule has 2 heterocycles. The third kappa shape index (κ3) is 5.44. The second kappa shape index (κ2) is 10.1. The maximum Gasteiger partial charge on any atom is 0.452 e. The van der Waals surface area contributed by atoms with Crippen molar-refractivity contribution >= 4 is 22.6 Å². The number of ether oxygens (including phenoxy) is 1. The second-order valence-corrected chi connectivity index (χ2v) is 8.43. The van der Waals surface area contributed by atoms with Crippen molar-refractivity contribution in [2.24, 2.45) is 0 Å². The number of hydrogen-bond donors (Lipinski definition) is 3. The van der Waals surface area contributed by atoms with Gasteiger partial charge in [0, 0.05) is 23.9 Å². The summed E-state index contributed by atoms with van der Waals surface area (Å²) < 4.78 is 62.7. The van der Waals surface area contributed by atoms with Crippen LogP contribution in [0.4, 0.5) is 23.2 Å². The Morgan fingerprint density at radius 2 is 1.89 bits per heavy atom. The first-order chi connectivity index (χ1) is 17.8. The first-order valence-electron chi connectivity index (χ1n) is 11.1. The minimum absolute atomic E-state index is 0.00731. The number of carbonyl (C=O) groups is 1. The molecule has 0 radical (unpaired) electrons. The maximum absolute atomic E-state index is 14.2. The largest absolute Gasteiger partial charge is 0.478 e. The van der Waals surface area contributed by atoms with Gasteiger partial charge in [-0.15, -0.1) is 0 Å². The molecule has 0 spiro atoms. The van der Waals surface area contributed by atoms with Crippen LogP contribution >= 0.6 is 0 Å². The van der Waals surface area contributed by atoms with Gasteiger partial charge in [0.25, 0.3) is 6.29 Å². The molecule has 0 amide bonds. The van der Waals surface area contributed by atoms with Gasteiger partial charge in [-0.25, -0.2) is 9.18 Å². The van der Waals surface area contributed by atoms with Crippen LogP contribution in [0, 0.1) is 12.7 Å². The minimum atomic E-state index is -5.02. The molecule has 38 heavy (non-hydrogen) atoms. The molecule has 8 nitrogen and oxygen atoms in total. The predicted octanol–water partition coefficient (Wildman–Crippen LogP) is 5.43. The van der Waals surface area contributed by atoms with E-state index in [-0.39, 0.29) is 33.9 Å². The molecule has 2 atom stereocenters. The van der Waals surface area contributed by atoms with Crippen LogP contribution in [0.3, 0.4) is 0 Å². The Balaban J connectivity index is 1.78. The molecule has 0 saturated carbocycles.